The lowest BCUT2D eigenvalue weighted by Gasteiger charge is -2.43. The van der Waals surface area contributed by atoms with Gasteiger partial charge in [0.1, 0.15) is 11.4 Å². The van der Waals surface area contributed by atoms with Crippen LogP contribution in [0.15, 0.2) is 67.3 Å². The highest BCUT2D eigenvalue weighted by Gasteiger charge is 2.52. The Bertz CT molecular complexity index is 681. The van der Waals surface area contributed by atoms with Gasteiger partial charge in [0.25, 0.3) is 0 Å². The second-order valence-electron chi connectivity index (χ2n) is 6.25. The van der Waals surface area contributed by atoms with Crippen molar-refractivity contribution in [3.05, 3.63) is 78.4 Å². The van der Waals surface area contributed by atoms with E-state index in [0.717, 1.165) is 31.8 Å². The van der Waals surface area contributed by atoms with E-state index in [1.165, 1.54) is 11.1 Å². The van der Waals surface area contributed by atoms with Gasteiger partial charge in [-0.25, -0.2) is 0 Å². The van der Waals surface area contributed by atoms with Gasteiger partial charge in [-0.05, 0) is 11.6 Å². The van der Waals surface area contributed by atoms with Crippen molar-refractivity contribution in [3.8, 4) is 5.75 Å². The second kappa shape index (κ2) is 5.29. The Morgan fingerprint density at radius 3 is 2.73 bits per heavy atom. The van der Waals surface area contributed by atoms with Crippen molar-refractivity contribution in [2.24, 2.45) is 0 Å². The van der Waals surface area contributed by atoms with Crippen LogP contribution in [-0.2, 0) is 5.60 Å². The number of hydrogen-bond donors (Lipinski definition) is 0. The highest BCUT2D eigenvalue weighted by molar-refractivity contribution is 5.47. The molecule has 2 nitrogen and oxygen atoms in total. The quantitative estimate of drug-likeness (QED) is 0.794. The van der Waals surface area contributed by atoms with Crippen LogP contribution in [0.1, 0.15) is 23.5 Å². The number of likely N-dealkylation sites (tertiary alicyclic amines) is 1. The highest BCUT2D eigenvalue weighted by atomic mass is 16.5. The van der Waals surface area contributed by atoms with Crippen LogP contribution in [0.4, 0.5) is 0 Å². The average Bonchev–Trinajstić information content (AvgIpc) is 2.91. The molecule has 2 aromatic carbocycles. The number of fused-ring (bicyclic) bond motifs is 3. The van der Waals surface area contributed by atoms with Gasteiger partial charge in [-0.3, -0.25) is 4.90 Å². The van der Waals surface area contributed by atoms with Gasteiger partial charge in [0.15, 0.2) is 0 Å². The molecule has 0 saturated carbocycles. The molecule has 4 rings (SSSR count). The smallest absolute Gasteiger partial charge is 0.143 e. The summed E-state index contributed by atoms with van der Waals surface area (Å²) in [6, 6.07) is 19.2. The largest absolute Gasteiger partial charge is 0.482 e. The van der Waals surface area contributed by atoms with Crippen LogP contribution >= 0.6 is 0 Å². The molecule has 1 saturated heterocycles. The topological polar surface area (TPSA) is 12.5 Å². The Balaban J connectivity index is 1.79. The summed E-state index contributed by atoms with van der Waals surface area (Å²) in [4.78, 5) is 2.48. The van der Waals surface area contributed by atoms with Crippen LogP contribution in [0.2, 0.25) is 0 Å². The van der Waals surface area contributed by atoms with Gasteiger partial charge in [0.2, 0.25) is 0 Å². The average molecular weight is 291 g/mol. The second-order valence-corrected chi connectivity index (χ2v) is 6.25. The SMILES string of the molecule is C=CCN1CCC2(c3ccccc3)Oc3ccccc3C2C1. The molecule has 2 heterocycles. The first-order chi connectivity index (χ1) is 10.8. The minimum Gasteiger partial charge on any atom is -0.482 e. The zero-order valence-corrected chi connectivity index (χ0v) is 12.7. The number of piperidine rings is 1. The van der Waals surface area contributed by atoms with Crippen molar-refractivity contribution in [1.29, 1.82) is 0 Å². The fourth-order valence-corrected chi connectivity index (χ4v) is 4.00. The van der Waals surface area contributed by atoms with Crippen LogP contribution in [0.3, 0.4) is 0 Å². The molecular weight excluding hydrogens is 270 g/mol. The van der Waals surface area contributed by atoms with Crippen LogP contribution in [0, 0.1) is 0 Å². The molecule has 0 amide bonds. The number of nitrogens with zero attached hydrogens (tertiary/aromatic N) is 1. The van der Waals surface area contributed by atoms with Gasteiger partial charge in [-0.2, -0.15) is 0 Å². The van der Waals surface area contributed by atoms with Gasteiger partial charge in [0, 0.05) is 37.5 Å². The van der Waals surface area contributed by atoms with Gasteiger partial charge in [-0.15, -0.1) is 6.58 Å². The van der Waals surface area contributed by atoms with E-state index in [0.29, 0.717) is 5.92 Å². The third kappa shape index (κ3) is 1.98. The molecule has 2 heteroatoms. The number of hydrogen-bond acceptors (Lipinski definition) is 2. The molecule has 0 N–H and O–H groups in total. The first-order valence-corrected chi connectivity index (χ1v) is 8.00. The molecule has 2 aromatic rings. The fraction of sp³-hybridized carbons (Fsp3) is 0.300. The van der Waals surface area contributed by atoms with Crippen molar-refractivity contribution < 1.29 is 4.74 Å². The zero-order chi connectivity index (χ0) is 15.0. The van der Waals surface area contributed by atoms with Crippen molar-refractivity contribution in [3.63, 3.8) is 0 Å². The van der Waals surface area contributed by atoms with E-state index in [-0.39, 0.29) is 5.60 Å². The summed E-state index contributed by atoms with van der Waals surface area (Å²) in [6.45, 7) is 6.91. The molecule has 112 valence electrons. The van der Waals surface area contributed by atoms with E-state index in [1.807, 2.05) is 6.08 Å². The molecular formula is C20H21NO. The monoisotopic (exact) mass is 291 g/mol. The summed E-state index contributed by atoms with van der Waals surface area (Å²) >= 11 is 0. The van der Waals surface area contributed by atoms with E-state index in [2.05, 4.69) is 66.1 Å². The van der Waals surface area contributed by atoms with E-state index in [1.54, 1.807) is 0 Å². The molecule has 0 spiro atoms. The number of rotatable bonds is 3. The number of benzene rings is 2. The van der Waals surface area contributed by atoms with Crippen LogP contribution < -0.4 is 4.74 Å². The molecule has 0 aromatic heterocycles. The standard InChI is InChI=1S/C20H21NO/c1-2-13-21-14-12-20(16-8-4-3-5-9-16)18(15-21)17-10-6-7-11-19(17)22-20/h2-11,18H,1,12-15H2. The number of ether oxygens (including phenoxy) is 1. The molecule has 2 atom stereocenters. The van der Waals surface area contributed by atoms with E-state index >= 15 is 0 Å². The van der Waals surface area contributed by atoms with Crippen molar-refractivity contribution in [2.75, 3.05) is 19.6 Å². The Labute approximate surface area is 132 Å². The van der Waals surface area contributed by atoms with Crippen molar-refractivity contribution in [1.82, 2.24) is 4.90 Å². The lowest BCUT2D eigenvalue weighted by Crippen LogP contribution is -2.48. The lowest BCUT2D eigenvalue weighted by molar-refractivity contribution is 0.00305. The molecule has 0 bridgehead atoms. The van der Waals surface area contributed by atoms with E-state index in [9.17, 15) is 0 Å². The van der Waals surface area contributed by atoms with Gasteiger partial charge < -0.3 is 4.74 Å². The third-order valence-corrected chi connectivity index (χ3v) is 5.04. The normalized spacial score (nSPS) is 26.8. The van der Waals surface area contributed by atoms with Crippen LogP contribution in [0.25, 0.3) is 0 Å². The van der Waals surface area contributed by atoms with E-state index in [4.69, 9.17) is 4.74 Å². The predicted octanol–water partition coefficient (Wildman–Crippen LogP) is 3.95. The summed E-state index contributed by atoms with van der Waals surface area (Å²) in [5.41, 5.74) is 2.44. The maximum absolute atomic E-state index is 6.56. The maximum atomic E-state index is 6.56. The van der Waals surface area contributed by atoms with Crippen LogP contribution in [0.5, 0.6) is 5.75 Å². The minimum absolute atomic E-state index is 0.206. The van der Waals surface area contributed by atoms with E-state index < -0.39 is 0 Å². The van der Waals surface area contributed by atoms with Gasteiger partial charge in [0.05, 0.1) is 0 Å². The lowest BCUT2D eigenvalue weighted by atomic mass is 9.74. The fourth-order valence-electron chi connectivity index (χ4n) is 4.00. The first kappa shape index (κ1) is 13.6. The van der Waals surface area contributed by atoms with Crippen molar-refractivity contribution >= 4 is 0 Å². The highest BCUT2D eigenvalue weighted by Crippen LogP contribution is 2.54. The van der Waals surface area contributed by atoms with Crippen molar-refractivity contribution in [2.45, 2.75) is 17.9 Å². The number of para-hydroxylation sites is 1. The molecule has 0 radical (unpaired) electrons. The predicted molar refractivity (Wildman–Crippen MR) is 89.2 cm³/mol. The van der Waals surface area contributed by atoms with Crippen LogP contribution in [-0.4, -0.2) is 24.5 Å². The molecule has 1 fully saturated rings. The molecule has 2 aliphatic heterocycles. The summed E-state index contributed by atoms with van der Waals surface area (Å²) in [7, 11) is 0. The Morgan fingerprint density at radius 1 is 1.14 bits per heavy atom. The summed E-state index contributed by atoms with van der Waals surface area (Å²) in [6.07, 6.45) is 3.02. The van der Waals surface area contributed by atoms with Gasteiger partial charge in [-0.1, -0.05) is 54.6 Å². The third-order valence-electron chi connectivity index (χ3n) is 5.04. The molecule has 2 unspecified atom stereocenters. The Morgan fingerprint density at radius 2 is 1.91 bits per heavy atom. The first-order valence-electron chi connectivity index (χ1n) is 8.00. The molecule has 22 heavy (non-hydrogen) atoms. The summed E-state index contributed by atoms with van der Waals surface area (Å²) in [5.74, 6) is 1.44. The molecule has 2 aliphatic rings. The Hall–Kier alpha value is -2.06. The molecule has 0 aliphatic carbocycles. The summed E-state index contributed by atoms with van der Waals surface area (Å²) in [5, 5.41) is 0. The Kier molecular flexibility index (Phi) is 3.27. The zero-order valence-electron chi connectivity index (χ0n) is 12.7. The minimum atomic E-state index is -0.206. The van der Waals surface area contributed by atoms with Gasteiger partial charge >= 0.3 is 0 Å². The maximum Gasteiger partial charge on any atom is 0.143 e. The summed E-state index contributed by atoms with van der Waals surface area (Å²) < 4.78 is 6.56.